The Morgan fingerprint density at radius 1 is 1.22 bits per heavy atom. The topological polar surface area (TPSA) is 102 Å². The van der Waals surface area contributed by atoms with Crippen molar-refractivity contribution in [3.63, 3.8) is 0 Å². The van der Waals surface area contributed by atoms with E-state index in [1.165, 1.54) is 17.5 Å². The number of benzene rings is 1. The van der Waals surface area contributed by atoms with Gasteiger partial charge in [-0.15, -0.1) is 0 Å². The number of carboxylic acid groups (broad SMARTS) is 1. The summed E-state index contributed by atoms with van der Waals surface area (Å²) in [4.78, 5) is 23.9. The van der Waals surface area contributed by atoms with E-state index in [0.29, 0.717) is 18.5 Å². The van der Waals surface area contributed by atoms with Gasteiger partial charge in [-0.2, -0.15) is 0 Å². The molecule has 0 bridgehead atoms. The maximum Gasteiger partial charge on any atom is 0.306 e. The second kappa shape index (κ2) is 10.8. The highest BCUT2D eigenvalue weighted by Crippen LogP contribution is 2.44. The summed E-state index contributed by atoms with van der Waals surface area (Å²) in [5.41, 5.74) is 8.29. The quantitative estimate of drug-likeness (QED) is 0.505. The van der Waals surface area contributed by atoms with Gasteiger partial charge in [0.25, 0.3) is 0 Å². The summed E-state index contributed by atoms with van der Waals surface area (Å²) in [6.45, 7) is 5.00. The highest BCUT2D eigenvalue weighted by Gasteiger charge is 2.47. The number of nitrogens with one attached hydrogen (secondary N) is 1. The molecule has 1 fully saturated rings. The second-order valence-corrected chi connectivity index (χ2v) is 9.64. The zero-order valence-corrected chi connectivity index (χ0v) is 19.9. The maximum absolute atomic E-state index is 12.0. The Kier molecular flexibility index (Phi) is 8.34. The van der Waals surface area contributed by atoms with Gasteiger partial charge < -0.3 is 20.9 Å². The molecule has 0 spiro atoms. The largest absolute Gasteiger partial charge is 0.481 e. The van der Waals surface area contributed by atoms with Gasteiger partial charge in [0, 0.05) is 30.6 Å². The molecule has 1 aromatic carbocycles. The van der Waals surface area contributed by atoms with Crippen molar-refractivity contribution in [2.45, 2.75) is 89.2 Å². The van der Waals surface area contributed by atoms with E-state index in [1.807, 2.05) is 12.1 Å². The summed E-state index contributed by atoms with van der Waals surface area (Å²) < 4.78 is 5.95. The fourth-order valence-corrected chi connectivity index (χ4v) is 6.34. The summed E-state index contributed by atoms with van der Waals surface area (Å²) in [6, 6.07) is 5.83. The highest BCUT2D eigenvalue weighted by molar-refractivity contribution is 5.93. The average molecular weight is 445 g/mol. The molecule has 3 atom stereocenters. The first kappa shape index (κ1) is 24.7. The number of carbonyl (C=O) groups excluding carboxylic acids is 1. The summed E-state index contributed by atoms with van der Waals surface area (Å²) in [5.74, 6) is -1.09. The number of carbonyl (C=O) groups is 2. The lowest BCUT2D eigenvalue weighted by Crippen LogP contribution is -2.59. The van der Waals surface area contributed by atoms with Crippen molar-refractivity contribution in [3.05, 3.63) is 34.9 Å². The number of hydrogen-bond acceptors (Lipinski definition) is 4. The predicted octanol–water partition coefficient (Wildman–Crippen LogP) is 4.04. The van der Waals surface area contributed by atoms with Gasteiger partial charge in [-0.25, -0.2) is 0 Å². The number of rotatable bonds is 10. The van der Waals surface area contributed by atoms with Crippen LogP contribution < -0.4 is 11.1 Å². The fraction of sp³-hybridized carbons (Fsp3) is 0.692. The van der Waals surface area contributed by atoms with Crippen LogP contribution in [-0.4, -0.2) is 42.8 Å². The maximum atomic E-state index is 12.0. The molecule has 0 aromatic heterocycles. The van der Waals surface area contributed by atoms with Crippen molar-refractivity contribution in [2.24, 2.45) is 17.6 Å². The summed E-state index contributed by atoms with van der Waals surface area (Å²) in [7, 11) is 1.75. The van der Waals surface area contributed by atoms with Crippen molar-refractivity contribution in [3.8, 4) is 0 Å². The predicted molar refractivity (Wildman–Crippen MR) is 126 cm³/mol. The van der Waals surface area contributed by atoms with Gasteiger partial charge in [0.1, 0.15) is 0 Å². The van der Waals surface area contributed by atoms with Gasteiger partial charge >= 0.3 is 5.97 Å². The molecular weight excluding hydrogens is 404 g/mol. The fourth-order valence-electron chi connectivity index (χ4n) is 6.34. The van der Waals surface area contributed by atoms with Crippen molar-refractivity contribution in [2.75, 3.05) is 13.7 Å². The molecule has 0 heterocycles. The first-order valence-electron chi connectivity index (χ1n) is 12.3. The van der Waals surface area contributed by atoms with E-state index in [1.54, 1.807) is 13.2 Å². The number of nitrogens with two attached hydrogens (primary N) is 1. The third-order valence-electron chi connectivity index (χ3n) is 8.24. The van der Waals surface area contributed by atoms with Gasteiger partial charge in [0.05, 0.1) is 12.0 Å². The summed E-state index contributed by atoms with van der Waals surface area (Å²) in [5, 5.41) is 13.6. The molecule has 1 saturated carbocycles. The van der Waals surface area contributed by atoms with Crippen LogP contribution in [0.15, 0.2) is 18.2 Å². The Morgan fingerprint density at radius 3 is 2.47 bits per heavy atom. The Labute approximate surface area is 192 Å². The number of ether oxygens (including phenoxy) is 1. The van der Waals surface area contributed by atoms with Gasteiger partial charge in [0.2, 0.25) is 5.91 Å². The Balaban J connectivity index is 1.84. The first-order valence-corrected chi connectivity index (χ1v) is 12.3. The van der Waals surface area contributed by atoms with Gasteiger partial charge in [0.15, 0.2) is 0 Å². The standard InChI is InChI=1S/C26H40N2O4/c1-4-26(5-2)21-15-19(24(27)29)12-11-18(21)16-22(32-3)23(26)28-14-13-20(25(30)31)17-9-7-6-8-10-17/h11-12,15,17,20,22-23,28H,4-10,13-14,16H2,1-3H3,(H2,27,29)(H,30,31)/t20?,22-,23+/m0/s1. The molecule has 32 heavy (non-hydrogen) atoms. The SMILES string of the molecule is CCC1(CC)c2cc(C(N)=O)ccc2C[C@H](OC)[C@H]1NCCC(C(=O)O)C1CCCCC1. The molecule has 4 N–H and O–H groups in total. The average Bonchev–Trinajstić information content (AvgIpc) is 2.81. The molecule has 2 aliphatic rings. The zero-order valence-electron chi connectivity index (χ0n) is 19.9. The molecule has 1 amide bonds. The number of aliphatic carboxylic acids is 1. The molecule has 3 rings (SSSR count). The van der Waals surface area contributed by atoms with Crippen LogP contribution in [-0.2, 0) is 21.4 Å². The smallest absolute Gasteiger partial charge is 0.306 e. The molecule has 178 valence electrons. The summed E-state index contributed by atoms with van der Waals surface area (Å²) >= 11 is 0. The number of fused-ring (bicyclic) bond motifs is 1. The van der Waals surface area contributed by atoms with Crippen molar-refractivity contribution < 1.29 is 19.4 Å². The van der Waals surface area contributed by atoms with Crippen LogP contribution in [0.5, 0.6) is 0 Å². The van der Waals surface area contributed by atoms with Crippen LogP contribution in [0.25, 0.3) is 0 Å². The van der Waals surface area contributed by atoms with Crippen LogP contribution in [0.2, 0.25) is 0 Å². The van der Waals surface area contributed by atoms with E-state index in [-0.39, 0.29) is 29.4 Å². The van der Waals surface area contributed by atoms with Crippen molar-refractivity contribution >= 4 is 11.9 Å². The van der Waals surface area contributed by atoms with Gasteiger partial charge in [-0.1, -0.05) is 39.2 Å². The Bertz CT molecular complexity index is 799. The van der Waals surface area contributed by atoms with E-state index in [2.05, 4.69) is 19.2 Å². The summed E-state index contributed by atoms with van der Waals surface area (Å²) in [6.07, 6.45) is 8.72. The Hall–Kier alpha value is -1.92. The lowest BCUT2D eigenvalue weighted by atomic mass is 9.62. The zero-order chi connectivity index (χ0) is 23.3. The minimum absolute atomic E-state index is 0.0141. The molecular formula is C26H40N2O4. The lowest BCUT2D eigenvalue weighted by molar-refractivity contribution is -0.144. The number of methoxy groups -OCH3 is 1. The van der Waals surface area contributed by atoms with Crippen LogP contribution in [0.3, 0.4) is 0 Å². The van der Waals surface area contributed by atoms with E-state index >= 15 is 0 Å². The Morgan fingerprint density at radius 2 is 1.91 bits per heavy atom. The molecule has 0 radical (unpaired) electrons. The lowest BCUT2D eigenvalue weighted by Gasteiger charge is -2.49. The third-order valence-corrected chi connectivity index (χ3v) is 8.24. The van der Waals surface area contributed by atoms with Crippen LogP contribution >= 0.6 is 0 Å². The van der Waals surface area contributed by atoms with Crippen LogP contribution in [0.1, 0.15) is 86.7 Å². The van der Waals surface area contributed by atoms with Gasteiger partial charge in [-0.05, 0) is 67.8 Å². The number of hydrogen-bond donors (Lipinski definition) is 3. The monoisotopic (exact) mass is 444 g/mol. The molecule has 2 aliphatic carbocycles. The number of amides is 1. The van der Waals surface area contributed by atoms with Crippen LogP contribution in [0.4, 0.5) is 0 Å². The van der Waals surface area contributed by atoms with Crippen LogP contribution in [0, 0.1) is 11.8 Å². The number of primary amides is 1. The van der Waals surface area contributed by atoms with Gasteiger partial charge in [-0.3, -0.25) is 9.59 Å². The first-order chi connectivity index (χ1) is 15.4. The molecule has 6 heteroatoms. The normalized spacial score (nSPS) is 24.0. The third kappa shape index (κ3) is 4.86. The van der Waals surface area contributed by atoms with E-state index in [4.69, 9.17) is 10.5 Å². The van der Waals surface area contributed by atoms with E-state index in [9.17, 15) is 14.7 Å². The van der Waals surface area contributed by atoms with E-state index in [0.717, 1.165) is 44.9 Å². The highest BCUT2D eigenvalue weighted by atomic mass is 16.5. The minimum atomic E-state index is -0.667. The molecule has 0 saturated heterocycles. The van der Waals surface area contributed by atoms with Crippen molar-refractivity contribution in [1.82, 2.24) is 5.32 Å². The second-order valence-electron chi connectivity index (χ2n) is 9.64. The molecule has 0 aliphatic heterocycles. The minimum Gasteiger partial charge on any atom is -0.481 e. The van der Waals surface area contributed by atoms with Crippen molar-refractivity contribution in [1.29, 1.82) is 0 Å². The van der Waals surface area contributed by atoms with E-state index < -0.39 is 11.9 Å². The molecule has 1 unspecified atom stereocenters. The molecule has 6 nitrogen and oxygen atoms in total. The molecule has 1 aromatic rings. The number of carboxylic acids is 1.